The van der Waals surface area contributed by atoms with Crippen molar-refractivity contribution in [1.82, 2.24) is 4.98 Å². The molecule has 1 aliphatic carbocycles. The summed E-state index contributed by atoms with van der Waals surface area (Å²) in [5.41, 5.74) is 10.7. The molecule has 0 atom stereocenters. The topological polar surface area (TPSA) is 38.9 Å². The van der Waals surface area contributed by atoms with Crippen LogP contribution in [0.5, 0.6) is 0 Å². The van der Waals surface area contributed by atoms with E-state index in [-0.39, 0.29) is 0 Å². The second-order valence-electron chi connectivity index (χ2n) is 3.94. The molecular weight excluding hydrogens is 299 g/mol. The number of nitrogen functional groups attached to an aromatic ring is 1. The largest absolute Gasteiger partial charge is 0.398 e. The maximum absolute atomic E-state index is 6.20. The van der Waals surface area contributed by atoms with E-state index in [0.29, 0.717) is 0 Å². The summed E-state index contributed by atoms with van der Waals surface area (Å²) >= 11 is 2.32. The van der Waals surface area contributed by atoms with Gasteiger partial charge in [-0.05, 0) is 53.5 Å². The second kappa shape index (κ2) is 3.33. The Morgan fingerprint density at radius 2 is 2.13 bits per heavy atom. The summed E-state index contributed by atoms with van der Waals surface area (Å²) in [5, 5.41) is 1.11. The molecule has 0 aliphatic heterocycles. The number of hydrogen-bond donors (Lipinski definition) is 1. The third kappa shape index (κ3) is 1.33. The van der Waals surface area contributed by atoms with E-state index in [1.54, 1.807) is 0 Å². The molecule has 2 N–H and O–H groups in total. The van der Waals surface area contributed by atoms with Crippen molar-refractivity contribution >= 4 is 39.2 Å². The number of fused-ring (bicyclic) bond motifs is 2. The van der Waals surface area contributed by atoms with Gasteiger partial charge in [0.15, 0.2) is 0 Å². The lowest BCUT2D eigenvalue weighted by Gasteiger charge is -2.08. The van der Waals surface area contributed by atoms with Gasteiger partial charge in [0.1, 0.15) is 0 Å². The third-order valence-electron chi connectivity index (χ3n) is 3.04. The first-order valence-electron chi connectivity index (χ1n) is 5.13. The minimum Gasteiger partial charge on any atom is -0.398 e. The molecule has 3 heteroatoms. The predicted octanol–water partition coefficient (Wildman–Crippen LogP) is 2.91. The molecule has 0 fully saturated rings. The maximum Gasteiger partial charge on any atom is 0.0859 e. The fraction of sp³-hybridized carbons (Fsp3) is 0.250. The summed E-state index contributed by atoms with van der Waals surface area (Å²) in [6.07, 6.45) is 3.37. The normalized spacial score (nSPS) is 14.5. The summed E-state index contributed by atoms with van der Waals surface area (Å²) in [5.74, 6) is 0. The highest BCUT2D eigenvalue weighted by Gasteiger charge is 2.18. The van der Waals surface area contributed by atoms with Gasteiger partial charge in [-0.3, -0.25) is 4.98 Å². The van der Waals surface area contributed by atoms with Gasteiger partial charge < -0.3 is 5.73 Å². The summed E-state index contributed by atoms with van der Waals surface area (Å²) in [4.78, 5) is 4.73. The number of hydrogen-bond acceptors (Lipinski definition) is 2. The van der Waals surface area contributed by atoms with Crippen molar-refractivity contribution in [2.45, 2.75) is 19.3 Å². The van der Waals surface area contributed by atoms with Crippen molar-refractivity contribution in [2.75, 3.05) is 5.73 Å². The van der Waals surface area contributed by atoms with Gasteiger partial charge in [0.25, 0.3) is 0 Å². The molecule has 15 heavy (non-hydrogen) atoms. The first kappa shape index (κ1) is 9.39. The number of pyridine rings is 1. The molecule has 0 unspecified atom stereocenters. The van der Waals surface area contributed by atoms with Gasteiger partial charge in [-0.2, -0.15) is 0 Å². The summed E-state index contributed by atoms with van der Waals surface area (Å²) in [6, 6.07) is 6.19. The quantitative estimate of drug-likeness (QED) is 0.760. The van der Waals surface area contributed by atoms with E-state index >= 15 is 0 Å². The van der Waals surface area contributed by atoms with Crippen molar-refractivity contribution in [3.8, 4) is 0 Å². The summed E-state index contributed by atoms with van der Waals surface area (Å²) < 4.78 is 1.19. The highest BCUT2D eigenvalue weighted by molar-refractivity contribution is 14.1. The van der Waals surface area contributed by atoms with Crippen molar-refractivity contribution in [3.05, 3.63) is 33.0 Å². The van der Waals surface area contributed by atoms with Crippen molar-refractivity contribution in [3.63, 3.8) is 0 Å². The van der Waals surface area contributed by atoms with E-state index in [4.69, 9.17) is 10.7 Å². The predicted molar refractivity (Wildman–Crippen MR) is 70.9 cm³/mol. The molecule has 76 valence electrons. The molecule has 3 rings (SSSR count). The zero-order valence-electron chi connectivity index (χ0n) is 8.26. The number of para-hydroxylation sites is 1. The zero-order chi connectivity index (χ0) is 10.4. The van der Waals surface area contributed by atoms with Crippen LogP contribution >= 0.6 is 22.6 Å². The fourth-order valence-corrected chi connectivity index (χ4v) is 2.90. The van der Waals surface area contributed by atoms with Crippen LogP contribution in [0.25, 0.3) is 10.9 Å². The van der Waals surface area contributed by atoms with E-state index in [2.05, 4.69) is 34.7 Å². The molecule has 0 amide bonds. The van der Waals surface area contributed by atoms with E-state index < -0.39 is 0 Å². The van der Waals surface area contributed by atoms with Crippen molar-refractivity contribution in [1.29, 1.82) is 0 Å². The van der Waals surface area contributed by atoms with Crippen molar-refractivity contribution < 1.29 is 0 Å². The highest BCUT2D eigenvalue weighted by atomic mass is 127. The maximum atomic E-state index is 6.20. The monoisotopic (exact) mass is 310 g/mol. The Labute approximate surface area is 102 Å². The van der Waals surface area contributed by atoms with Gasteiger partial charge in [0.2, 0.25) is 0 Å². The smallest absolute Gasteiger partial charge is 0.0859 e. The number of aryl methyl sites for hydroxylation is 1. The lowest BCUT2D eigenvalue weighted by atomic mass is 10.1. The number of nitrogens with two attached hydrogens (primary N) is 1. The molecule has 0 saturated heterocycles. The average Bonchev–Trinajstić information content (AvgIpc) is 2.68. The SMILES string of the molecule is Nc1c2c(nc3c(I)cccc13)CCC2. The Hall–Kier alpha value is -0.840. The highest BCUT2D eigenvalue weighted by Crippen LogP contribution is 2.33. The van der Waals surface area contributed by atoms with Crippen LogP contribution in [0.2, 0.25) is 0 Å². The van der Waals surface area contributed by atoms with Crippen LogP contribution in [0.3, 0.4) is 0 Å². The van der Waals surface area contributed by atoms with Crippen LogP contribution in [-0.2, 0) is 12.8 Å². The van der Waals surface area contributed by atoms with Crippen molar-refractivity contribution in [2.24, 2.45) is 0 Å². The molecule has 1 aromatic carbocycles. The minimum atomic E-state index is 0.950. The van der Waals surface area contributed by atoms with Gasteiger partial charge in [-0.25, -0.2) is 0 Å². The molecule has 0 bridgehead atoms. The number of anilines is 1. The van der Waals surface area contributed by atoms with E-state index in [0.717, 1.165) is 29.4 Å². The van der Waals surface area contributed by atoms with Gasteiger partial charge in [0.05, 0.1) is 5.52 Å². The Kier molecular flexibility index (Phi) is 2.09. The van der Waals surface area contributed by atoms with E-state index in [1.807, 2.05) is 6.07 Å². The number of rotatable bonds is 0. The molecule has 2 aromatic rings. The van der Waals surface area contributed by atoms with Crippen LogP contribution in [0.15, 0.2) is 18.2 Å². The van der Waals surface area contributed by atoms with Gasteiger partial charge in [0, 0.05) is 20.3 Å². The molecular formula is C12H11IN2. The first-order chi connectivity index (χ1) is 7.27. The van der Waals surface area contributed by atoms with Crippen LogP contribution in [0.4, 0.5) is 5.69 Å². The van der Waals surface area contributed by atoms with E-state index in [9.17, 15) is 0 Å². The summed E-state index contributed by atoms with van der Waals surface area (Å²) in [7, 11) is 0. The lowest BCUT2D eigenvalue weighted by Crippen LogP contribution is -1.99. The molecule has 0 spiro atoms. The van der Waals surface area contributed by atoms with E-state index in [1.165, 1.54) is 21.2 Å². The van der Waals surface area contributed by atoms with Crippen LogP contribution < -0.4 is 5.73 Å². The Bertz CT molecular complexity index is 549. The van der Waals surface area contributed by atoms with Crippen LogP contribution in [0.1, 0.15) is 17.7 Å². The molecule has 0 saturated carbocycles. The van der Waals surface area contributed by atoms with Crippen LogP contribution in [-0.4, -0.2) is 4.98 Å². The fourth-order valence-electron chi connectivity index (χ4n) is 2.29. The lowest BCUT2D eigenvalue weighted by molar-refractivity contribution is 0.901. The average molecular weight is 310 g/mol. The summed E-state index contributed by atoms with van der Waals surface area (Å²) in [6.45, 7) is 0. The number of nitrogens with zero attached hydrogens (tertiary/aromatic N) is 1. The van der Waals surface area contributed by atoms with Gasteiger partial charge >= 0.3 is 0 Å². The Morgan fingerprint density at radius 1 is 1.27 bits per heavy atom. The number of aromatic nitrogens is 1. The first-order valence-corrected chi connectivity index (χ1v) is 6.20. The zero-order valence-corrected chi connectivity index (χ0v) is 10.4. The number of halogens is 1. The third-order valence-corrected chi connectivity index (χ3v) is 3.91. The second-order valence-corrected chi connectivity index (χ2v) is 5.10. The molecule has 0 radical (unpaired) electrons. The van der Waals surface area contributed by atoms with Gasteiger partial charge in [-0.15, -0.1) is 0 Å². The molecule has 2 nitrogen and oxygen atoms in total. The Balaban J connectivity index is 2.46. The van der Waals surface area contributed by atoms with Gasteiger partial charge in [-0.1, -0.05) is 12.1 Å². The molecule has 1 aliphatic rings. The van der Waals surface area contributed by atoms with Crippen LogP contribution in [0, 0.1) is 3.57 Å². The number of benzene rings is 1. The Morgan fingerprint density at radius 3 is 3.00 bits per heavy atom. The standard InChI is InChI=1S/C12H11IN2/c13-9-5-1-4-8-11(14)7-3-2-6-10(7)15-12(8)9/h1,4-5H,2-3,6H2,(H2,14,15). The molecule has 1 heterocycles. The molecule has 1 aromatic heterocycles. The minimum absolute atomic E-state index is 0.950.